The van der Waals surface area contributed by atoms with Crippen molar-refractivity contribution in [3.63, 3.8) is 0 Å². The Morgan fingerprint density at radius 3 is 2.44 bits per heavy atom. The molecule has 0 unspecified atom stereocenters. The Bertz CT molecular complexity index is 935. The van der Waals surface area contributed by atoms with Gasteiger partial charge in [0, 0.05) is 13.5 Å². The maximum absolute atomic E-state index is 13.9. The minimum Gasteiger partial charge on any atom is -0.455 e. The van der Waals surface area contributed by atoms with Crippen LogP contribution in [-0.2, 0) is 6.04 Å². The molecule has 0 saturated carbocycles. The fourth-order valence-electron chi connectivity index (χ4n) is 2.80. The van der Waals surface area contributed by atoms with Crippen LogP contribution in [-0.4, -0.2) is 13.1 Å². The van der Waals surface area contributed by atoms with Crippen molar-refractivity contribution in [3.8, 4) is 11.5 Å². The van der Waals surface area contributed by atoms with Gasteiger partial charge < -0.3 is 4.74 Å². The minimum atomic E-state index is -1.30. The molecule has 2 nitrogen and oxygen atoms in total. The minimum absolute atomic E-state index is 0.0280. The maximum atomic E-state index is 13.9. The van der Waals surface area contributed by atoms with Crippen molar-refractivity contribution in [2.24, 2.45) is 0 Å². The van der Waals surface area contributed by atoms with Gasteiger partial charge in [0.2, 0.25) is 0 Å². The molecule has 1 heterocycles. The average Bonchev–Trinajstić information content (AvgIpc) is 2.53. The highest BCUT2D eigenvalue weighted by Crippen LogP contribution is 2.32. The standard InChI is InChI=1S/C20H21F2NOSi/c1-13-18(11-14-9-10-16(21)19(22)20(14)23-13)24-17-8-6-5-7-15(17)12-25(2,3)4/h5-11H,12H2,1-4H3. The fraction of sp³-hybridized carbons (Fsp3) is 0.250. The van der Waals surface area contributed by atoms with Crippen LogP contribution in [0.3, 0.4) is 0 Å². The molecule has 130 valence electrons. The molecule has 0 radical (unpaired) electrons. The lowest BCUT2D eigenvalue weighted by atomic mass is 10.1. The average molecular weight is 357 g/mol. The Balaban J connectivity index is 2.02. The van der Waals surface area contributed by atoms with Gasteiger partial charge in [-0.15, -0.1) is 0 Å². The molecule has 0 aliphatic carbocycles. The number of para-hydroxylation sites is 1. The molecule has 0 amide bonds. The summed E-state index contributed by atoms with van der Waals surface area (Å²) >= 11 is 0. The number of benzene rings is 2. The normalized spacial score (nSPS) is 11.8. The molecule has 3 aromatic rings. The van der Waals surface area contributed by atoms with Gasteiger partial charge in [-0.25, -0.2) is 13.8 Å². The summed E-state index contributed by atoms with van der Waals surface area (Å²) in [4.78, 5) is 4.21. The molecule has 0 fully saturated rings. The van der Waals surface area contributed by atoms with E-state index in [1.54, 1.807) is 13.0 Å². The molecule has 0 aliphatic heterocycles. The van der Waals surface area contributed by atoms with Gasteiger partial charge in [0.1, 0.15) is 17.0 Å². The molecule has 25 heavy (non-hydrogen) atoms. The number of aryl methyl sites for hydroxylation is 1. The van der Waals surface area contributed by atoms with Crippen LogP contribution in [0.4, 0.5) is 8.78 Å². The zero-order valence-corrected chi connectivity index (χ0v) is 15.9. The van der Waals surface area contributed by atoms with Gasteiger partial charge in [-0.2, -0.15) is 0 Å². The van der Waals surface area contributed by atoms with Gasteiger partial charge >= 0.3 is 0 Å². The lowest BCUT2D eigenvalue weighted by Crippen LogP contribution is -2.24. The smallest absolute Gasteiger partial charge is 0.184 e. The summed E-state index contributed by atoms with van der Waals surface area (Å²) in [7, 11) is -1.30. The van der Waals surface area contributed by atoms with E-state index in [-0.39, 0.29) is 5.52 Å². The summed E-state index contributed by atoms with van der Waals surface area (Å²) < 4.78 is 33.4. The van der Waals surface area contributed by atoms with E-state index in [4.69, 9.17) is 4.74 Å². The zero-order chi connectivity index (χ0) is 18.2. The summed E-state index contributed by atoms with van der Waals surface area (Å²) in [5.41, 5.74) is 1.71. The first-order valence-corrected chi connectivity index (χ1v) is 12.0. The van der Waals surface area contributed by atoms with Gasteiger partial charge in [0.25, 0.3) is 0 Å². The van der Waals surface area contributed by atoms with E-state index in [0.29, 0.717) is 16.8 Å². The monoisotopic (exact) mass is 357 g/mol. The number of nitrogens with zero attached hydrogens (tertiary/aromatic N) is 1. The van der Waals surface area contributed by atoms with E-state index >= 15 is 0 Å². The molecule has 0 bridgehead atoms. The Hall–Kier alpha value is -2.27. The van der Waals surface area contributed by atoms with Crippen molar-refractivity contribution in [1.82, 2.24) is 4.98 Å². The fourth-order valence-corrected chi connectivity index (χ4v) is 4.23. The Morgan fingerprint density at radius 2 is 1.72 bits per heavy atom. The molecule has 0 aliphatic rings. The van der Waals surface area contributed by atoms with Crippen molar-refractivity contribution >= 4 is 19.0 Å². The first-order valence-electron chi connectivity index (χ1n) is 8.26. The first kappa shape index (κ1) is 17.5. The lowest BCUT2D eigenvalue weighted by Gasteiger charge is -2.19. The highest BCUT2D eigenvalue weighted by atomic mass is 28.3. The van der Waals surface area contributed by atoms with E-state index in [9.17, 15) is 8.78 Å². The second-order valence-corrected chi connectivity index (χ2v) is 12.9. The molecule has 0 spiro atoms. The van der Waals surface area contributed by atoms with Gasteiger partial charge in [-0.3, -0.25) is 0 Å². The number of fused-ring (bicyclic) bond motifs is 1. The highest BCUT2D eigenvalue weighted by Gasteiger charge is 2.18. The van der Waals surface area contributed by atoms with Gasteiger partial charge in [-0.05, 0) is 42.8 Å². The number of ether oxygens (including phenoxy) is 1. The van der Waals surface area contributed by atoms with Gasteiger partial charge in [-0.1, -0.05) is 37.8 Å². The zero-order valence-electron chi connectivity index (χ0n) is 14.9. The van der Waals surface area contributed by atoms with Crippen molar-refractivity contribution in [1.29, 1.82) is 0 Å². The third-order valence-electron chi connectivity index (χ3n) is 3.94. The van der Waals surface area contributed by atoms with Gasteiger partial charge in [0.15, 0.2) is 11.6 Å². The molecule has 1 aromatic heterocycles. The Morgan fingerprint density at radius 1 is 1.00 bits per heavy atom. The second-order valence-electron chi connectivity index (χ2n) is 7.45. The van der Waals surface area contributed by atoms with Crippen LogP contribution < -0.4 is 4.74 Å². The molecule has 3 rings (SSSR count). The predicted octanol–water partition coefficient (Wildman–Crippen LogP) is 6.03. The summed E-state index contributed by atoms with van der Waals surface area (Å²) in [5, 5.41) is 0.516. The van der Waals surface area contributed by atoms with E-state index in [1.807, 2.05) is 18.2 Å². The van der Waals surface area contributed by atoms with Crippen LogP contribution in [0.1, 0.15) is 11.3 Å². The van der Waals surface area contributed by atoms with Crippen molar-refractivity contribution in [3.05, 3.63) is 65.4 Å². The van der Waals surface area contributed by atoms with E-state index in [0.717, 1.165) is 23.4 Å². The number of hydrogen-bond acceptors (Lipinski definition) is 2. The van der Waals surface area contributed by atoms with Crippen molar-refractivity contribution in [2.75, 3.05) is 0 Å². The number of rotatable bonds is 4. The van der Waals surface area contributed by atoms with Gasteiger partial charge in [0.05, 0.1) is 5.69 Å². The molecule has 5 heteroatoms. The molecular weight excluding hydrogens is 336 g/mol. The molecule has 2 aromatic carbocycles. The van der Waals surface area contributed by atoms with Crippen LogP contribution in [0, 0.1) is 18.6 Å². The number of hydrogen-bond donors (Lipinski definition) is 0. The molecule has 0 N–H and O–H groups in total. The summed E-state index contributed by atoms with van der Waals surface area (Å²) in [6.45, 7) is 8.66. The largest absolute Gasteiger partial charge is 0.455 e. The van der Waals surface area contributed by atoms with Crippen LogP contribution in [0.2, 0.25) is 19.6 Å². The van der Waals surface area contributed by atoms with E-state index in [1.165, 1.54) is 6.07 Å². The molecule has 0 saturated heterocycles. The second kappa shape index (κ2) is 6.56. The summed E-state index contributed by atoms with van der Waals surface area (Å²) in [5.74, 6) is -0.474. The van der Waals surface area contributed by atoms with Crippen LogP contribution in [0.15, 0.2) is 42.5 Å². The van der Waals surface area contributed by atoms with Crippen molar-refractivity contribution < 1.29 is 13.5 Å². The lowest BCUT2D eigenvalue weighted by molar-refractivity contribution is 0.471. The molecular formula is C20H21F2NOSi. The van der Waals surface area contributed by atoms with Crippen LogP contribution in [0.5, 0.6) is 11.5 Å². The third kappa shape index (κ3) is 3.87. The highest BCUT2D eigenvalue weighted by molar-refractivity contribution is 6.75. The molecule has 0 atom stereocenters. The van der Waals surface area contributed by atoms with Crippen molar-refractivity contribution in [2.45, 2.75) is 32.6 Å². The Labute approximate surface area is 147 Å². The topological polar surface area (TPSA) is 22.1 Å². The van der Waals surface area contributed by atoms with Crippen LogP contribution >= 0.6 is 0 Å². The predicted molar refractivity (Wildman–Crippen MR) is 100.0 cm³/mol. The number of pyridine rings is 1. The van der Waals surface area contributed by atoms with Crippen LogP contribution in [0.25, 0.3) is 10.9 Å². The maximum Gasteiger partial charge on any atom is 0.184 e. The van der Waals surface area contributed by atoms with E-state index < -0.39 is 19.7 Å². The summed E-state index contributed by atoms with van der Waals surface area (Å²) in [6, 6.07) is 13.3. The first-order chi connectivity index (χ1) is 11.7. The van der Waals surface area contributed by atoms with E-state index in [2.05, 4.69) is 30.7 Å². The quantitative estimate of drug-likeness (QED) is 0.532. The third-order valence-corrected chi connectivity index (χ3v) is 5.38. The Kier molecular flexibility index (Phi) is 4.60. The summed E-state index contributed by atoms with van der Waals surface area (Å²) in [6.07, 6.45) is 0. The SMILES string of the molecule is Cc1nc2c(F)c(F)ccc2cc1Oc1ccccc1C[Si](C)(C)C. The number of halogens is 2. The number of aromatic nitrogens is 1.